The quantitative estimate of drug-likeness (QED) is 0.869. The van der Waals surface area contributed by atoms with Gasteiger partial charge in [0.2, 0.25) is 0 Å². The van der Waals surface area contributed by atoms with Gasteiger partial charge in [0.05, 0.1) is 11.4 Å². The summed E-state index contributed by atoms with van der Waals surface area (Å²) in [6.45, 7) is 2.37. The first kappa shape index (κ1) is 12.0. The molecule has 0 amide bonds. The summed E-state index contributed by atoms with van der Waals surface area (Å²) in [5.41, 5.74) is 2.45. The van der Waals surface area contributed by atoms with Crippen molar-refractivity contribution >= 4 is 21.6 Å². The Morgan fingerprint density at radius 2 is 2.00 bits per heavy atom. The second kappa shape index (κ2) is 5.27. The van der Waals surface area contributed by atoms with Gasteiger partial charge < -0.3 is 5.32 Å². The van der Waals surface area contributed by atoms with Gasteiger partial charge in [0.25, 0.3) is 0 Å². The number of nitrogens with zero attached hydrogens (tertiary/aromatic N) is 1. The minimum atomic E-state index is -0.192. The fraction of sp³-hybridized carbons (Fsp3) is 0.154. The van der Waals surface area contributed by atoms with E-state index in [1.807, 2.05) is 25.1 Å². The Hall–Kier alpha value is -1.42. The van der Waals surface area contributed by atoms with Crippen LogP contribution in [0.1, 0.15) is 11.3 Å². The maximum atomic E-state index is 13.4. The number of anilines is 1. The molecule has 0 spiro atoms. The van der Waals surface area contributed by atoms with E-state index in [9.17, 15) is 4.39 Å². The molecule has 17 heavy (non-hydrogen) atoms. The molecule has 0 aliphatic heterocycles. The Bertz CT molecular complexity index is 529. The zero-order valence-electron chi connectivity index (χ0n) is 9.37. The van der Waals surface area contributed by atoms with E-state index >= 15 is 0 Å². The largest absolute Gasteiger partial charge is 0.379 e. The zero-order chi connectivity index (χ0) is 12.3. The highest BCUT2D eigenvalue weighted by Crippen LogP contribution is 2.17. The summed E-state index contributed by atoms with van der Waals surface area (Å²) < 4.78 is 14.2. The van der Waals surface area contributed by atoms with Crippen LogP contribution in [-0.2, 0) is 6.54 Å². The van der Waals surface area contributed by atoms with Gasteiger partial charge in [-0.05, 0) is 41.1 Å². The number of benzene rings is 1. The average molecular weight is 295 g/mol. The molecule has 4 heteroatoms. The van der Waals surface area contributed by atoms with Gasteiger partial charge in [-0.25, -0.2) is 9.37 Å². The maximum Gasteiger partial charge on any atom is 0.128 e. The lowest BCUT2D eigenvalue weighted by atomic mass is 10.2. The number of pyridine rings is 1. The molecule has 1 N–H and O–H groups in total. The molecule has 0 aliphatic rings. The molecule has 1 aromatic carbocycles. The monoisotopic (exact) mass is 294 g/mol. The molecule has 1 aromatic heterocycles. The van der Waals surface area contributed by atoms with Gasteiger partial charge in [0, 0.05) is 12.1 Å². The Balaban J connectivity index is 2.10. The van der Waals surface area contributed by atoms with Crippen molar-refractivity contribution in [3.05, 3.63) is 58.1 Å². The molecule has 0 bridgehead atoms. The molecule has 0 radical (unpaired) electrons. The number of nitrogens with one attached hydrogen (secondary N) is 1. The second-order valence-corrected chi connectivity index (χ2v) is 4.52. The smallest absolute Gasteiger partial charge is 0.128 e. The summed E-state index contributed by atoms with van der Waals surface area (Å²) in [5, 5.41) is 3.17. The van der Waals surface area contributed by atoms with Gasteiger partial charge in [0.1, 0.15) is 10.4 Å². The molecule has 1 heterocycles. The van der Waals surface area contributed by atoms with Gasteiger partial charge in [-0.1, -0.05) is 18.2 Å². The normalized spacial score (nSPS) is 10.3. The number of hydrogen-bond acceptors (Lipinski definition) is 2. The summed E-state index contributed by atoms with van der Waals surface area (Å²) in [6.07, 6.45) is 0. The summed E-state index contributed by atoms with van der Waals surface area (Å²) in [5.74, 6) is -0.192. The fourth-order valence-electron chi connectivity index (χ4n) is 1.55. The highest BCUT2D eigenvalue weighted by molar-refractivity contribution is 9.10. The predicted octanol–water partition coefficient (Wildman–Crippen LogP) is 3.90. The molecule has 2 rings (SSSR count). The summed E-state index contributed by atoms with van der Waals surface area (Å²) in [7, 11) is 0. The first-order valence-corrected chi connectivity index (χ1v) is 6.06. The van der Waals surface area contributed by atoms with E-state index in [-0.39, 0.29) is 5.82 Å². The third-order valence-electron chi connectivity index (χ3n) is 2.48. The van der Waals surface area contributed by atoms with Gasteiger partial charge in [-0.15, -0.1) is 0 Å². The van der Waals surface area contributed by atoms with Crippen LogP contribution in [0.25, 0.3) is 0 Å². The van der Waals surface area contributed by atoms with Crippen molar-refractivity contribution in [2.75, 3.05) is 5.32 Å². The number of aromatic nitrogens is 1. The van der Waals surface area contributed by atoms with Crippen molar-refractivity contribution in [2.24, 2.45) is 0 Å². The first-order valence-electron chi connectivity index (χ1n) is 5.27. The lowest BCUT2D eigenvalue weighted by Gasteiger charge is -2.09. The molecule has 0 unspecified atom stereocenters. The van der Waals surface area contributed by atoms with Gasteiger partial charge in [-0.2, -0.15) is 0 Å². The van der Waals surface area contributed by atoms with Crippen LogP contribution in [0.4, 0.5) is 10.1 Å². The van der Waals surface area contributed by atoms with Crippen LogP contribution in [0.5, 0.6) is 0 Å². The Morgan fingerprint density at radius 3 is 2.71 bits per heavy atom. The summed E-state index contributed by atoms with van der Waals surface area (Å²) in [4.78, 5) is 4.27. The highest BCUT2D eigenvalue weighted by Gasteiger charge is 2.03. The molecule has 0 aliphatic carbocycles. The van der Waals surface area contributed by atoms with E-state index in [0.717, 1.165) is 16.0 Å². The summed E-state index contributed by atoms with van der Waals surface area (Å²) in [6, 6.07) is 10.5. The molecule has 0 fully saturated rings. The van der Waals surface area contributed by atoms with Crippen molar-refractivity contribution in [1.29, 1.82) is 0 Å². The number of rotatable bonds is 3. The molecular weight excluding hydrogens is 283 g/mol. The van der Waals surface area contributed by atoms with Crippen molar-refractivity contribution in [3.63, 3.8) is 0 Å². The zero-order valence-corrected chi connectivity index (χ0v) is 11.0. The molecule has 2 nitrogen and oxygen atoms in total. The predicted molar refractivity (Wildman–Crippen MR) is 70.4 cm³/mol. The van der Waals surface area contributed by atoms with Crippen LogP contribution in [0, 0.1) is 12.7 Å². The van der Waals surface area contributed by atoms with E-state index < -0.39 is 0 Å². The van der Waals surface area contributed by atoms with Crippen molar-refractivity contribution < 1.29 is 4.39 Å². The molecule has 0 saturated heterocycles. The Kier molecular flexibility index (Phi) is 3.74. The third-order valence-corrected chi connectivity index (χ3v) is 2.92. The molecular formula is C13H12BrFN2. The minimum Gasteiger partial charge on any atom is -0.379 e. The van der Waals surface area contributed by atoms with Crippen molar-refractivity contribution in [1.82, 2.24) is 4.98 Å². The minimum absolute atomic E-state index is 0.192. The topological polar surface area (TPSA) is 24.9 Å². The van der Waals surface area contributed by atoms with Crippen LogP contribution < -0.4 is 5.32 Å². The number of aryl methyl sites for hydroxylation is 1. The highest BCUT2D eigenvalue weighted by atomic mass is 79.9. The van der Waals surface area contributed by atoms with Crippen LogP contribution in [-0.4, -0.2) is 4.98 Å². The van der Waals surface area contributed by atoms with Crippen molar-refractivity contribution in [2.45, 2.75) is 13.5 Å². The van der Waals surface area contributed by atoms with Crippen molar-refractivity contribution in [3.8, 4) is 0 Å². The van der Waals surface area contributed by atoms with Gasteiger partial charge >= 0.3 is 0 Å². The first-order chi connectivity index (χ1) is 8.16. The van der Waals surface area contributed by atoms with E-state index in [4.69, 9.17) is 0 Å². The number of halogens is 2. The SMILES string of the molecule is Cc1nc(Br)ccc1NCc1ccccc1F. The molecule has 2 aromatic rings. The standard InChI is InChI=1S/C13H12BrFN2/c1-9-12(6-7-13(14)17-9)16-8-10-4-2-3-5-11(10)15/h2-7,16H,8H2,1H3. The van der Waals surface area contributed by atoms with E-state index in [1.54, 1.807) is 12.1 Å². The lowest BCUT2D eigenvalue weighted by molar-refractivity contribution is 0.613. The van der Waals surface area contributed by atoms with Crippen LogP contribution in [0.2, 0.25) is 0 Å². The second-order valence-electron chi connectivity index (χ2n) is 3.71. The molecule has 88 valence electrons. The Labute approximate surface area is 108 Å². The average Bonchev–Trinajstić information content (AvgIpc) is 2.30. The summed E-state index contributed by atoms with van der Waals surface area (Å²) >= 11 is 3.31. The van der Waals surface area contributed by atoms with Gasteiger partial charge in [0.15, 0.2) is 0 Å². The Morgan fingerprint density at radius 1 is 1.24 bits per heavy atom. The third kappa shape index (κ3) is 3.03. The van der Waals surface area contributed by atoms with E-state index in [0.29, 0.717) is 12.1 Å². The molecule has 0 atom stereocenters. The van der Waals surface area contributed by atoms with Gasteiger partial charge in [-0.3, -0.25) is 0 Å². The van der Waals surface area contributed by atoms with Crippen LogP contribution >= 0.6 is 15.9 Å². The van der Waals surface area contributed by atoms with Crippen LogP contribution in [0.3, 0.4) is 0 Å². The molecule has 0 saturated carbocycles. The maximum absolute atomic E-state index is 13.4. The number of hydrogen-bond donors (Lipinski definition) is 1. The van der Waals surface area contributed by atoms with Crippen LogP contribution in [0.15, 0.2) is 41.0 Å². The van der Waals surface area contributed by atoms with E-state index in [1.165, 1.54) is 6.07 Å². The van der Waals surface area contributed by atoms with E-state index in [2.05, 4.69) is 26.2 Å². The lowest BCUT2D eigenvalue weighted by Crippen LogP contribution is -2.03. The fourth-order valence-corrected chi connectivity index (χ4v) is 1.95.